The van der Waals surface area contributed by atoms with Gasteiger partial charge in [-0.15, -0.1) is 0 Å². The quantitative estimate of drug-likeness (QED) is 0.206. The van der Waals surface area contributed by atoms with E-state index in [0.717, 1.165) is 23.9 Å². The zero-order valence-electron chi connectivity index (χ0n) is 19.8. The predicted molar refractivity (Wildman–Crippen MR) is 125 cm³/mol. The molecule has 6 N–H and O–H groups in total. The molecule has 15 nitrogen and oxygen atoms in total. The van der Waals surface area contributed by atoms with Crippen LogP contribution >= 0.6 is 7.82 Å². The average molecular weight is 542 g/mol. The second-order valence-corrected chi connectivity index (χ2v) is 9.70. The number of H-pyrrole nitrogens is 1. The molecule has 2 heterocycles. The van der Waals surface area contributed by atoms with Gasteiger partial charge in [0.1, 0.15) is 30.1 Å². The van der Waals surface area contributed by atoms with Crippen LogP contribution in [0.5, 0.6) is 5.75 Å². The van der Waals surface area contributed by atoms with Crippen LogP contribution in [0.4, 0.5) is 0 Å². The van der Waals surface area contributed by atoms with Crippen molar-refractivity contribution in [3.05, 3.63) is 62.9 Å². The van der Waals surface area contributed by atoms with E-state index in [0.29, 0.717) is 5.56 Å². The van der Waals surface area contributed by atoms with Gasteiger partial charge in [-0.25, -0.2) is 9.36 Å². The Morgan fingerprint density at radius 2 is 1.95 bits per heavy atom. The molecule has 6 atom stereocenters. The molecule has 1 saturated heterocycles. The maximum atomic E-state index is 13.2. The van der Waals surface area contributed by atoms with Gasteiger partial charge < -0.3 is 30.5 Å². The summed E-state index contributed by atoms with van der Waals surface area (Å²) >= 11 is 0. The van der Waals surface area contributed by atoms with Gasteiger partial charge in [0.25, 0.3) is 5.56 Å². The number of ether oxygens (including phenoxy) is 1. The Hall–Kier alpha value is -3.33. The molecule has 0 saturated carbocycles. The monoisotopic (exact) mass is 542 g/mol. The maximum absolute atomic E-state index is 13.2. The molecule has 202 valence electrons. The van der Waals surface area contributed by atoms with Crippen molar-refractivity contribution in [2.75, 3.05) is 13.7 Å². The molecule has 0 radical (unpaired) electrons. The number of amides is 2. The highest BCUT2D eigenvalue weighted by molar-refractivity contribution is 7.48. The number of nitrogens with two attached hydrogens (primary N) is 1. The van der Waals surface area contributed by atoms with Gasteiger partial charge >= 0.3 is 13.5 Å². The average Bonchev–Trinajstić information content (AvgIpc) is 3.14. The van der Waals surface area contributed by atoms with Crippen molar-refractivity contribution in [1.82, 2.24) is 14.9 Å². The number of phosphoric acid groups is 1. The first kappa shape index (κ1) is 28.2. The summed E-state index contributed by atoms with van der Waals surface area (Å²) in [5.41, 5.74) is 4.37. The lowest BCUT2D eigenvalue weighted by Crippen LogP contribution is -2.44. The van der Waals surface area contributed by atoms with Gasteiger partial charge in [0, 0.05) is 32.7 Å². The van der Waals surface area contributed by atoms with Crippen molar-refractivity contribution in [3.63, 3.8) is 0 Å². The Bertz CT molecular complexity index is 1280. The summed E-state index contributed by atoms with van der Waals surface area (Å²) in [4.78, 5) is 48.3. The molecule has 2 amide bonds. The van der Waals surface area contributed by atoms with E-state index in [4.69, 9.17) is 24.0 Å². The molecular formula is C21H27N4O11P. The minimum Gasteiger partial charge on any atom is -0.404 e. The van der Waals surface area contributed by atoms with Crippen LogP contribution in [0, 0.1) is 0 Å². The van der Waals surface area contributed by atoms with Gasteiger partial charge in [0.05, 0.1) is 6.61 Å². The summed E-state index contributed by atoms with van der Waals surface area (Å²) in [5, 5.41) is 22.9. The normalized spacial score (nSPS) is 23.7. The Labute approximate surface area is 209 Å². The van der Waals surface area contributed by atoms with Crippen LogP contribution in [-0.4, -0.2) is 69.6 Å². The number of nitrogens with one attached hydrogen (secondary N) is 2. The zero-order chi connectivity index (χ0) is 27.3. The van der Waals surface area contributed by atoms with E-state index in [-0.39, 0.29) is 12.2 Å². The number of benzene rings is 1. The van der Waals surface area contributed by atoms with E-state index in [2.05, 4.69) is 5.32 Å². The number of nitrogens with zero attached hydrogens (tertiary/aromatic N) is 1. The second-order valence-electron chi connectivity index (χ2n) is 8.05. The highest BCUT2D eigenvalue weighted by Crippen LogP contribution is 2.52. The molecule has 37 heavy (non-hydrogen) atoms. The Morgan fingerprint density at radius 3 is 2.49 bits per heavy atom. The standard InChI is InChI=1S/C21H27N4O11P/c1-11(27)23-14(19(22)30)9-12-3-5-13(6-4-12)35-37(32,33-2)36-18-15(10-26)34-20(17(18)29)25-8-7-16(28)24-21(25)31/h3-8,14-15,17-18,20,26,29H,9-10H2,1-2H3,(H2,22,30)(H,23,27)(H,24,28,31)/t14?,15-,17?,18+,20-,37?/m1/s1. The van der Waals surface area contributed by atoms with Gasteiger partial charge in [-0.1, -0.05) is 12.1 Å². The third-order valence-electron chi connectivity index (χ3n) is 5.39. The SMILES string of the molecule is COP(=O)(Oc1ccc(CC(NC(C)=O)C(N)=O)cc1)O[C@@H]1C(O)[C@H](n2ccc(=O)[nH]c2=O)O[C@@H]1CO. The molecular weight excluding hydrogens is 515 g/mol. The summed E-state index contributed by atoms with van der Waals surface area (Å²) in [7, 11) is -3.36. The number of carbonyl (C=O) groups excluding carboxylic acids is 2. The number of hydrogen-bond donors (Lipinski definition) is 5. The van der Waals surface area contributed by atoms with E-state index < -0.39 is 68.1 Å². The van der Waals surface area contributed by atoms with E-state index >= 15 is 0 Å². The summed E-state index contributed by atoms with van der Waals surface area (Å²) < 4.78 is 35.3. The first-order valence-corrected chi connectivity index (χ1v) is 12.4. The number of primary amides is 1. The number of phosphoric ester groups is 1. The lowest BCUT2D eigenvalue weighted by molar-refractivity contribution is -0.126. The molecule has 1 aliphatic heterocycles. The molecule has 0 bridgehead atoms. The van der Waals surface area contributed by atoms with E-state index in [1.807, 2.05) is 4.98 Å². The topological polar surface area (TPSA) is 221 Å². The van der Waals surface area contributed by atoms with Crippen molar-refractivity contribution in [1.29, 1.82) is 0 Å². The summed E-state index contributed by atoms with van der Waals surface area (Å²) in [6, 6.07) is 5.99. The smallest absolute Gasteiger partial charge is 0.404 e. The van der Waals surface area contributed by atoms with Crippen molar-refractivity contribution in [3.8, 4) is 5.75 Å². The van der Waals surface area contributed by atoms with Gasteiger partial charge in [-0.05, 0) is 17.7 Å². The number of aliphatic hydroxyl groups is 2. The Morgan fingerprint density at radius 1 is 1.27 bits per heavy atom. The number of hydrogen-bond acceptors (Lipinski definition) is 11. The van der Waals surface area contributed by atoms with E-state index in [1.54, 1.807) is 0 Å². The fraction of sp³-hybridized carbons (Fsp3) is 0.429. The molecule has 0 aliphatic carbocycles. The van der Waals surface area contributed by atoms with Crippen LogP contribution in [0.25, 0.3) is 0 Å². The molecule has 3 rings (SSSR count). The first-order chi connectivity index (χ1) is 17.5. The summed E-state index contributed by atoms with van der Waals surface area (Å²) in [6.07, 6.45) is -4.48. The van der Waals surface area contributed by atoms with Crippen LogP contribution in [0.3, 0.4) is 0 Å². The molecule has 16 heteroatoms. The third-order valence-corrected chi connectivity index (χ3v) is 6.77. The molecule has 1 aromatic heterocycles. The minimum absolute atomic E-state index is 0.0337. The number of aliphatic hydroxyl groups excluding tert-OH is 2. The first-order valence-electron chi connectivity index (χ1n) is 10.9. The van der Waals surface area contributed by atoms with Crippen LogP contribution in [0.2, 0.25) is 0 Å². The van der Waals surface area contributed by atoms with E-state index in [9.17, 15) is 34.0 Å². The summed E-state index contributed by atoms with van der Waals surface area (Å²) in [6.45, 7) is 0.577. The van der Waals surface area contributed by atoms with Gasteiger partial charge in [0.15, 0.2) is 6.23 Å². The lowest BCUT2D eigenvalue weighted by Gasteiger charge is -2.24. The Kier molecular flexibility index (Phi) is 9.02. The predicted octanol–water partition coefficient (Wildman–Crippen LogP) is -1.46. The van der Waals surface area contributed by atoms with Crippen molar-refractivity contribution >= 4 is 19.6 Å². The fourth-order valence-corrected chi connectivity index (χ4v) is 4.77. The van der Waals surface area contributed by atoms with Crippen molar-refractivity contribution in [2.45, 2.75) is 43.9 Å². The van der Waals surface area contributed by atoms with Gasteiger partial charge in [0.2, 0.25) is 11.8 Å². The zero-order valence-corrected chi connectivity index (χ0v) is 20.7. The van der Waals surface area contributed by atoms with Crippen LogP contribution in [0.1, 0.15) is 18.7 Å². The second kappa shape index (κ2) is 11.8. The van der Waals surface area contributed by atoms with Crippen molar-refractivity contribution < 1.29 is 42.7 Å². The van der Waals surface area contributed by atoms with Gasteiger partial charge in [-0.3, -0.25) is 33.0 Å². The minimum atomic E-state index is -4.40. The molecule has 1 aliphatic rings. The largest absolute Gasteiger partial charge is 0.530 e. The van der Waals surface area contributed by atoms with E-state index in [1.165, 1.54) is 31.2 Å². The molecule has 1 aromatic carbocycles. The van der Waals surface area contributed by atoms with Gasteiger partial charge in [-0.2, -0.15) is 0 Å². The number of rotatable bonds is 11. The van der Waals surface area contributed by atoms with Crippen LogP contribution < -0.4 is 26.8 Å². The lowest BCUT2D eigenvalue weighted by atomic mass is 10.1. The van der Waals surface area contributed by atoms with Crippen LogP contribution in [0.15, 0.2) is 46.1 Å². The molecule has 0 spiro atoms. The van der Waals surface area contributed by atoms with Crippen molar-refractivity contribution in [2.24, 2.45) is 5.73 Å². The third kappa shape index (κ3) is 6.91. The highest BCUT2D eigenvalue weighted by Gasteiger charge is 2.49. The molecule has 3 unspecified atom stereocenters. The molecule has 1 fully saturated rings. The summed E-state index contributed by atoms with van der Waals surface area (Å²) in [5.74, 6) is -1.11. The highest BCUT2D eigenvalue weighted by atomic mass is 31.2. The number of aromatic nitrogens is 2. The molecule has 2 aromatic rings. The maximum Gasteiger partial charge on any atom is 0.530 e. The number of carbonyl (C=O) groups is 2. The van der Waals surface area contributed by atoms with Crippen LogP contribution in [-0.2, 0) is 34.4 Å². The fourth-order valence-electron chi connectivity index (χ4n) is 3.62. The Balaban J connectivity index is 1.74. The number of aromatic amines is 1.